The van der Waals surface area contributed by atoms with Gasteiger partial charge in [0.15, 0.2) is 5.65 Å². The van der Waals surface area contributed by atoms with Crippen molar-refractivity contribution in [3.05, 3.63) is 52.5 Å². The fraction of sp³-hybridized carbons (Fsp3) is 0.500. The Hall–Kier alpha value is -1.99. The molecular weight excluding hydrogens is 428 g/mol. The second kappa shape index (κ2) is 9.22. The van der Waals surface area contributed by atoms with Gasteiger partial charge >= 0.3 is 0 Å². The highest BCUT2D eigenvalue weighted by Crippen LogP contribution is 2.30. The molecule has 0 aliphatic carbocycles. The van der Waals surface area contributed by atoms with E-state index in [1.807, 2.05) is 23.0 Å². The second-order valence-electron chi connectivity index (χ2n) is 8.33. The minimum Gasteiger partial charge on any atom is -0.366 e. The SMILES string of the molecule is CC(C)CCN1CCCC(c2cc(NCc3cccnc3)n3ncc(Br)c3n2)C1. The number of aromatic nitrogens is 4. The highest BCUT2D eigenvalue weighted by atomic mass is 79.9. The van der Waals surface area contributed by atoms with Gasteiger partial charge in [-0.1, -0.05) is 19.9 Å². The first-order valence-electron chi connectivity index (χ1n) is 10.5. The molecule has 1 N–H and O–H groups in total. The van der Waals surface area contributed by atoms with Gasteiger partial charge in [-0.25, -0.2) is 4.98 Å². The summed E-state index contributed by atoms with van der Waals surface area (Å²) in [4.78, 5) is 11.8. The normalized spacial score (nSPS) is 17.9. The number of piperidine rings is 1. The van der Waals surface area contributed by atoms with Crippen molar-refractivity contribution in [3.63, 3.8) is 0 Å². The summed E-state index contributed by atoms with van der Waals surface area (Å²) >= 11 is 3.61. The Labute approximate surface area is 180 Å². The minimum absolute atomic E-state index is 0.460. The van der Waals surface area contributed by atoms with Crippen molar-refractivity contribution in [1.29, 1.82) is 0 Å². The molecule has 0 bridgehead atoms. The van der Waals surface area contributed by atoms with Crippen LogP contribution in [-0.4, -0.2) is 44.1 Å². The molecule has 6 nitrogen and oxygen atoms in total. The molecule has 1 aliphatic heterocycles. The Morgan fingerprint density at radius 2 is 2.21 bits per heavy atom. The first-order valence-corrected chi connectivity index (χ1v) is 11.3. The number of likely N-dealkylation sites (tertiary alicyclic amines) is 1. The van der Waals surface area contributed by atoms with Crippen LogP contribution in [0.4, 0.5) is 5.82 Å². The van der Waals surface area contributed by atoms with Gasteiger partial charge in [-0.05, 0) is 65.8 Å². The van der Waals surface area contributed by atoms with E-state index in [0.717, 1.165) is 39.7 Å². The van der Waals surface area contributed by atoms with Crippen molar-refractivity contribution in [2.45, 2.75) is 45.6 Å². The molecule has 1 fully saturated rings. The zero-order valence-corrected chi connectivity index (χ0v) is 18.8. The van der Waals surface area contributed by atoms with E-state index in [9.17, 15) is 0 Å². The van der Waals surface area contributed by atoms with Crippen molar-refractivity contribution in [3.8, 4) is 0 Å². The fourth-order valence-electron chi connectivity index (χ4n) is 3.93. The maximum atomic E-state index is 4.98. The molecule has 154 valence electrons. The number of fused-ring (bicyclic) bond motifs is 1. The monoisotopic (exact) mass is 456 g/mol. The molecule has 1 atom stereocenters. The lowest BCUT2D eigenvalue weighted by atomic mass is 9.94. The van der Waals surface area contributed by atoms with Crippen LogP contribution < -0.4 is 5.32 Å². The number of rotatable bonds is 7. The molecule has 0 amide bonds. The van der Waals surface area contributed by atoms with Crippen molar-refractivity contribution in [2.24, 2.45) is 5.92 Å². The molecular formula is C22H29BrN6. The third kappa shape index (κ3) is 4.95. The fourth-order valence-corrected chi connectivity index (χ4v) is 4.27. The third-order valence-electron chi connectivity index (χ3n) is 5.59. The number of pyridine rings is 1. The number of anilines is 1. The summed E-state index contributed by atoms with van der Waals surface area (Å²) in [5.41, 5.74) is 3.17. The molecule has 0 spiro atoms. The van der Waals surface area contributed by atoms with Crippen LogP contribution in [-0.2, 0) is 6.54 Å². The van der Waals surface area contributed by atoms with E-state index in [0.29, 0.717) is 12.5 Å². The van der Waals surface area contributed by atoms with Gasteiger partial charge in [0.05, 0.1) is 16.4 Å². The lowest BCUT2D eigenvalue weighted by Gasteiger charge is -2.33. The molecule has 0 aromatic carbocycles. The van der Waals surface area contributed by atoms with Crippen LogP contribution in [0.15, 0.2) is 41.3 Å². The molecule has 1 unspecified atom stereocenters. The lowest BCUT2D eigenvalue weighted by molar-refractivity contribution is 0.196. The van der Waals surface area contributed by atoms with Gasteiger partial charge in [-0.2, -0.15) is 9.61 Å². The quantitative estimate of drug-likeness (QED) is 0.556. The van der Waals surface area contributed by atoms with E-state index in [-0.39, 0.29) is 0 Å². The summed E-state index contributed by atoms with van der Waals surface area (Å²) in [6.45, 7) is 8.77. The number of nitrogens with one attached hydrogen (secondary N) is 1. The number of nitrogens with zero attached hydrogens (tertiary/aromatic N) is 5. The van der Waals surface area contributed by atoms with Crippen molar-refractivity contribution in [2.75, 3.05) is 25.0 Å². The highest BCUT2D eigenvalue weighted by Gasteiger charge is 2.24. The summed E-state index contributed by atoms with van der Waals surface area (Å²) in [6.07, 6.45) is 9.18. The van der Waals surface area contributed by atoms with E-state index in [1.54, 1.807) is 6.20 Å². The first-order chi connectivity index (χ1) is 14.1. The number of hydrogen-bond donors (Lipinski definition) is 1. The van der Waals surface area contributed by atoms with Crippen LogP contribution >= 0.6 is 15.9 Å². The number of hydrogen-bond acceptors (Lipinski definition) is 5. The molecule has 3 aromatic heterocycles. The van der Waals surface area contributed by atoms with Gasteiger partial charge in [0.2, 0.25) is 0 Å². The average Bonchev–Trinajstić information content (AvgIpc) is 3.12. The Morgan fingerprint density at radius 3 is 3.00 bits per heavy atom. The third-order valence-corrected chi connectivity index (χ3v) is 6.15. The van der Waals surface area contributed by atoms with Gasteiger partial charge in [-0.15, -0.1) is 0 Å². The topological polar surface area (TPSA) is 58.4 Å². The minimum atomic E-state index is 0.460. The predicted molar refractivity (Wildman–Crippen MR) is 120 cm³/mol. The number of halogens is 1. The van der Waals surface area contributed by atoms with Gasteiger partial charge in [-0.3, -0.25) is 4.98 Å². The summed E-state index contributed by atoms with van der Waals surface area (Å²) in [5.74, 6) is 2.18. The Kier molecular flexibility index (Phi) is 6.45. The predicted octanol–water partition coefficient (Wildman–Crippen LogP) is 4.72. The Morgan fingerprint density at radius 1 is 1.31 bits per heavy atom. The van der Waals surface area contributed by atoms with E-state index in [4.69, 9.17) is 4.98 Å². The van der Waals surface area contributed by atoms with E-state index >= 15 is 0 Å². The van der Waals surface area contributed by atoms with E-state index in [2.05, 4.69) is 62.2 Å². The molecule has 29 heavy (non-hydrogen) atoms. The van der Waals surface area contributed by atoms with Crippen LogP contribution in [0.2, 0.25) is 0 Å². The van der Waals surface area contributed by atoms with E-state index in [1.165, 1.54) is 32.4 Å². The average molecular weight is 457 g/mol. The molecule has 4 heterocycles. The standard InChI is InChI=1S/C22H29BrN6/c1-16(2)7-10-28-9-4-6-18(15-28)20-11-21(25-13-17-5-3-8-24-12-17)29-22(27-20)19(23)14-26-29/h3,5,8,11-12,14,16,18,25H,4,6-7,9-10,13,15H2,1-2H3. The molecule has 0 radical (unpaired) electrons. The maximum Gasteiger partial charge on any atom is 0.171 e. The van der Waals surface area contributed by atoms with Crippen molar-refractivity contribution < 1.29 is 0 Å². The molecule has 1 aliphatic rings. The van der Waals surface area contributed by atoms with E-state index < -0.39 is 0 Å². The van der Waals surface area contributed by atoms with Gasteiger partial charge in [0.1, 0.15) is 5.82 Å². The summed E-state index contributed by atoms with van der Waals surface area (Å²) in [7, 11) is 0. The summed E-state index contributed by atoms with van der Waals surface area (Å²) in [5, 5.41) is 8.03. The second-order valence-corrected chi connectivity index (χ2v) is 9.19. The van der Waals surface area contributed by atoms with Crippen molar-refractivity contribution >= 4 is 27.4 Å². The molecule has 0 saturated carbocycles. The van der Waals surface area contributed by atoms with Crippen LogP contribution in [0.25, 0.3) is 5.65 Å². The zero-order chi connectivity index (χ0) is 20.2. The van der Waals surface area contributed by atoms with Crippen LogP contribution in [0, 0.1) is 5.92 Å². The van der Waals surface area contributed by atoms with Gasteiger partial charge < -0.3 is 10.2 Å². The van der Waals surface area contributed by atoms with Crippen LogP contribution in [0.3, 0.4) is 0 Å². The van der Waals surface area contributed by atoms with Crippen LogP contribution in [0.1, 0.15) is 50.3 Å². The highest BCUT2D eigenvalue weighted by molar-refractivity contribution is 9.10. The molecule has 1 saturated heterocycles. The molecule has 7 heteroatoms. The maximum absolute atomic E-state index is 4.98. The summed E-state index contributed by atoms with van der Waals surface area (Å²) < 4.78 is 2.81. The van der Waals surface area contributed by atoms with Crippen molar-refractivity contribution in [1.82, 2.24) is 24.5 Å². The Bertz CT molecular complexity index is 939. The zero-order valence-electron chi connectivity index (χ0n) is 17.2. The molecule has 4 rings (SSSR count). The summed E-state index contributed by atoms with van der Waals surface area (Å²) in [6, 6.07) is 6.22. The van der Waals surface area contributed by atoms with Crippen LogP contribution in [0.5, 0.6) is 0 Å². The largest absolute Gasteiger partial charge is 0.366 e. The Balaban J connectivity index is 1.56. The lowest BCUT2D eigenvalue weighted by Crippen LogP contribution is -2.35. The molecule has 3 aromatic rings. The smallest absolute Gasteiger partial charge is 0.171 e. The van der Waals surface area contributed by atoms with Gasteiger partial charge in [0, 0.05) is 37.5 Å². The first kappa shape index (κ1) is 20.3. The van der Waals surface area contributed by atoms with Gasteiger partial charge in [0.25, 0.3) is 0 Å².